The number of likely N-dealkylation sites (tertiary alicyclic amines) is 1. The van der Waals surface area contributed by atoms with Crippen molar-refractivity contribution in [1.29, 1.82) is 0 Å². The van der Waals surface area contributed by atoms with Gasteiger partial charge in [-0.1, -0.05) is 11.6 Å². The van der Waals surface area contributed by atoms with Crippen LogP contribution in [0.2, 0.25) is 5.02 Å². The summed E-state index contributed by atoms with van der Waals surface area (Å²) in [4.78, 5) is 14.0. The number of nitrogens with zero attached hydrogens (tertiary/aromatic N) is 1. The number of ether oxygens (including phenoxy) is 1. The first-order valence-corrected chi connectivity index (χ1v) is 8.48. The van der Waals surface area contributed by atoms with E-state index in [9.17, 15) is 13.2 Å². The van der Waals surface area contributed by atoms with Gasteiger partial charge in [0, 0.05) is 24.4 Å². The van der Waals surface area contributed by atoms with Crippen molar-refractivity contribution < 1.29 is 17.9 Å². The first-order valence-electron chi connectivity index (χ1n) is 6.14. The van der Waals surface area contributed by atoms with Crippen LogP contribution in [0, 0.1) is 0 Å². The molecule has 1 unspecified atom stereocenters. The van der Waals surface area contributed by atoms with Crippen LogP contribution in [-0.4, -0.2) is 50.9 Å². The summed E-state index contributed by atoms with van der Waals surface area (Å²) in [5.41, 5.74) is 0.356. The van der Waals surface area contributed by atoms with Crippen LogP contribution in [0.15, 0.2) is 18.2 Å². The number of amides is 1. The molecule has 0 bridgehead atoms. The van der Waals surface area contributed by atoms with Gasteiger partial charge in [0.25, 0.3) is 5.91 Å². The van der Waals surface area contributed by atoms with Crippen molar-refractivity contribution in [1.82, 2.24) is 4.90 Å². The first kappa shape index (κ1) is 15.1. The van der Waals surface area contributed by atoms with Crippen molar-refractivity contribution in [2.24, 2.45) is 0 Å². The van der Waals surface area contributed by atoms with Gasteiger partial charge in [-0.3, -0.25) is 4.79 Å². The second-order valence-electron chi connectivity index (χ2n) is 4.84. The third kappa shape index (κ3) is 3.07. The Morgan fingerprint density at radius 2 is 2.15 bits per heavy atom. The summed E-state index contributed by atoms with van der Waals surface area (Å²) in [7, 11) is -1.65. The van der Waals surface area contributed by atoms with Crippen LogP contribution in [0.25, 0.3) is 0 Å². The highest BCUT2D eigenvalue weighted by Gasteiger charge is 2.33. The van der Waals surface area contributed by atoms with Crippen LogP contribution in [0.3, 0.4) is 0 Å². The molecule has 1 heterocycles. The molecule has 1 fully saturated rings. The van der Waals surface area contributed by atoms with E-state index in [2.05, 4.69) is 0 Å². The smallest absolute Gasteiger partial charge is 0.257 e. The molecule has 110 valence electrons. The van der Waals surface area contributed by atoms with E-state index in [0.717, 1.165) is 0 Å². The molecule has 20 heavy (non-hydrogen) atoms. The van der Waals surface area contributed by atoms with Gasteiger partial charge in [0.1, 0.15) is 5.75 Å². The van der Waals surface area contributed by atoms with Gasteiger partial charge >= 0.3 is 0 Å². The maximum absolute atomic E-state index is 12.4. The molecule has 1 atom stereocenters. The van der Waals surface area contributed by atoms with Gasteiger partial charge in [-0.25, -0.2) is 8.42 Å². The third-order valence-corrected chi connectivity index (χ3v) is 5.26. The summed E-state index contributed by atoms with van der Waals surface area (Å²) in [6.07, 6.45) is 1.67. The van der Waals surface area contributed by atoms with Gasteiger partial charge in [-0.15, -0.1) is 0 Å². The normalized spacial score (nSPS) is 19.1. The molecule has 1 aromatic rings. The molecule has 1 aliphatic rings. The fourth-order valence-electron chi connectivity index (χ4n) is 2.28. The van der Waals surface area contributed by atoms with E-state index in [1.807, 2.05) is 0 Å². The fourth-order valence-corrected chi connectivity index (χ4v) is 3.44. The van der Waals surface area contributed by atoms with Crippen molar-refractivity contribution >= 4 is 27.3 Å². The molecule has 0 aromatic heterocycles. The number of carbonyl (C=O) groups excluding carboxylic acids is 1. The standard InChI is InChI=1S/C13H16ClNO4S/c1-19-12-4-3-9(14)7-11(12)13(16)15-6-5-10(8-15)20(2,17)18/h3-4,7,10H,5-6,8H2,1-2H3. The van der Waals surface area contributed by atoms with E-state index in [4.69, 9.17) is 16.3 Å². The Hall–Kier alpha value is -1.27. The average Bonchev–Trinajstić information content (AvgIpc) is 2.87. The summed E-state index contributed by atoms with van der Waals surface area (Å²) >= 11 is 5.90. The first-order chi connectivity index (χ1) is 9.32. The highest BCUT2D eigenvalue weighted by atomic mass is 35.5. The highest BCUT2D eigenvalue weighted by Crippen LogP contribution is 2.26. The Kier molecular flexibility index (Phi) is 4.25. The van der Waals surface area contributed by atoms with Crippen LogP contribution in [0.5, 0.6) is 5.75 Å². The lowest BCUT2D eigenvalue weighted by atomic mass is 10.1. The zero-order chi connectivity index (χ0) is 14.9. The number of benzene rings is 1. The van der Waals surface area contributed by atoms with Crippen molar-refractivity contribution in [2.45, 2.75) is 11.7 Å². The molecular formula is C13H16ClNO4S. The molecule has 0 aliphatic carbocycles. The number of hydrogen-bond acceptors (Lipinski definition) is 4. The lowest BCUT2D eigenvalue weighted by molar-refractivity contribution is 0.0790. The second-order valence-corrected chi connectivity index (χ2v) is 7.60. The fraction of sp³-hybridized carbons (Fsp3) is 0.462. The summed E-state index contributed by atoms with van der Waals surface area (Å²) in [6.45, 7) is 0.638. The molecule has 0 spiro atoms. The number of hydrogen-bond donors (Lipinski definition) is 0. The van der Waals surface area contributed by atoms with E-state index >= 15 is 0 Å². The molecule has 2 rings (SSSR count). The van der Waals surface area contributed by atoms with Crippen molar-refractivity contribution in [3.63, 3.8) is 0 Å². The average molecular weight is 318 g/mol. The summed E-state index contributed by atoms with van der Waals surface area (Å²) in [5.74, 6) is 0.178. The monoisotopic (exact) mass is 317 g/mol. The zero-order valence-corrected chi connectivity index (χ0v) is 12.9. The predicted octanol–water partition coefficient (Wildman–Crippen LogP) is 1.61. The van der Waals surface area contributed by atoms with E-state index in [0.29, 0.717) is 29.3 Å². The maximum atomic E-state index is 12.4. The van der Waals surface area contributed by atoms with Crippen LogP contribution in [-0.2, 0) is 9.84 Å². The van der Waals surface area contributed by atoms with Gasteiger partial charge in [0.15, 0.2) is 9.84 Å². The second kappa shape index (κ2) is 5.61. The van der Waals surface area contributed by atoms with Gasteiger partial charge in [0.05, 0.1) is 17.9 Å². The van der Waals surface area contributed by atoms with E-state index in [1.165, 1.54) is 24.3 Å². The summed E-state index contributed by atoms with van der Waals surface area (Å²) in [6, 6.07) is 4.80. The minimum Gasteiger partial charge on any atom is -0.496 e. The molecule has 0 N–H and O–H groups in total. The zero-order valence-electron chi connectivity index (χ0n) is 11.3. The summed E-state index contributed by atoms with van der Waals surface area (Å²) < 4.78 is 28.2. The van der Waals surface area contributed by atoms with Crippen molar-refractivity contribution in [3.05, 3.63) is 28.8 Å². The molecule has 0 radical (unpaired) electrons. The van der Waals surface area contributed by atoms with E-state index < -0.39 is 15.1 Å². The minimum atomic E-state index is -3.13. The van der Waals surface area contributed by atoms with Gasteiger partial charge in [0.2, 0.25) is 0 Å². The van der Waals surface area contributed by atoms with Gasteiger partial charge in [-0.05, 0) is 24.6 Å². The quantitative estimate of drug-likeness (QED) is 0.849. The Labute approximate surface area is 123 Å². The lowest BCUT2D eigenvalue weighted by Gasteiger charge is -2.18. The lowest BCUT2D eigenvalue weighted by Crippen LogP contribution is -2.31. The van der Waals surface area contributed by atoms with Crippen LogP contribution in [0.1, 0.15) is 16.8 Å². The van der Waals surface area contributed by atoms with Crippen LogP contribution in [0.4, 0.5) is 0 Å². The SMILES string of the molecule is COc1ccc(Cl)cc1C(=O)N1CCC(S(C)(=O)=O)C1. The topological polar surface area (TPSA) is 63.7 Å². The Bertz CT molecular complexity index is 629. The predicted molar refractivity (Wildman–Crippen MR) is 77.2 cm³/mol. The van der Waals surface area contributed by atoms with E-state index in [-0.39, 0.29) is 12.5 Å². The summed E-state index contributed by atoms with van der Waals surface area (Å²) in [5, 5.41) is -0.0513. The molecule has 5 nitrogen and oxygen atoms in total. The van der Waals surface area contributed by atoms with Crippen molar-refractivity contribution in [3.8, 4) is 5.75 Å². The molecular weight excluding hydrogens is 302 g/mol. The van der Waals surface area contributed by atoms with Crippen molar-refractivity contribution in [2.75, 3.05) is 26.5 Å². The largest absolute Gasteiger partial charge is 0.496 e. The van der Waals surface area contributed by atoms with E-state index in [1.54, 1.807) is 12.1 Å². The molecule has 1 aliphatic heterocycles. The van der Waals surface area contributed by atoms with Crippen LogP contribution < -0.4 is 4.74 Å². The third-order valence-electron chi connectivity index (χ3n) is 3.43. The number of carbonyl (C=O) groups is 1. The molecule has 7 heteroatoms. The Morgan fingerprint density at radius 1 is 1.45 bits per heavy atom. The Morgan fingerprint density at radius 3 is 2.70 bits per heavy atom. The molecule has 1 saturated heterocycles. The minimum absolute atomic E-state index is 0.216. The number of methoxy groups -OCH3 is 1. The number of sulfone groups is 1. The maximum Gasteiger partial charge on any atom is 0.257 e. The highest BCUT2D eigenvalue weighted by molar-refractivity contribution is 7.91. The number of rotatable bonds is 3. The molecule has 1 amide bonds. The Balaban J connectivity index is 2.23. The van der Waals surface area contributed by atoms with Crippen LogP contribution >= 0.6 is 11.6 Å². The molecule has 0 saturated carbocycles. The van der Waals surface area contributed by atoms with Gasteiger partial charge < -0.3 is 9.64 Å². The number of halogens is 1. The van der Waals surface area contributed by atoms with Gasteiger partial charge in [-0.2, -0.15) is 0 Å². The molecule has 1 aromatic carbocycles.